The minimum atomic E-state index is -0.0844. The summed E-state index contributed by atoms with van der Waals surface area (Å²) < 4.78 is 5.36. The van der Waals surface area contributed by atoms with Crippen molar-refractivity contribution in [2.24, 2.45) is 0 Å². The first-order chi connectivity index (χ1) is 8.20. The second kappa shape index (κ2) is 4.95. The van der Waals surface area contributed by atoms with E-state index in [1.807, 2.05) is 6.07 Å². The molecule has 5 nitrogen and oxygen atoms in total. The Bertz CT molecular complexity index is 597. The van der Waals surface area contributed by atoms with Gasteiger partial charge in [0.1, 0.15) is 11.8 Å². The summed E-state index contributed by atoms with van der Waals surface area (Å²) in [4.78, 5) is 3.77. The number of rotatable bonds is 2. The molecule has 0 saturated heterocycles. The zero-order valence-electron chi connectivity index (χ0n) is 8.26. The Morgan fingerprint density at radius 3 is 2.71 bits per heavy atom. The van der Waals surface area contributed by atoms with Crippen LogP contribution < -0.4 is 4.74 Å². The van der Waals surface area contributed by atoms with Crippen molar-refractivity contribution in [2.75, 3.05) is 0 Å². The van der Waals surface area contributed by atoms with E-state index in [1.165, 1.54) is 0 Å². The summed E-state index contributed by atoms with van der Waals surface area (Å²) in [6, 6.07) is 8.65. The van der Waals surface area contributed by atoms with E-state index in [4.69, 9.17) is 33.2 Å². The predicted molar refractivity (Wildman–Crippen MR) is 61.1 cm³/mol. The summed E-state index contributed by atoms with van der Waals surface area (Å²) in [5.74, 6) is 0.336. The Morgan fingerprint density at radius 2 is 1.94 bits per heavy atom. The Kier molecular flexibility index (Phi) is 3.38. The quantitative estimate of drug-likeness (QED) is 0.836. The number of halogens is 2. The number of nitrogens with zero attached hydrogens (tertiary/aromatic N) is 4. The highest BCUT2D eigenvalue weighted by Gasteiger charge is 2.10. The average molecular weight is 267 g/mol. The second-order valence-electron chi connectivity index (χ2n) is 2.89. The van der Waals surface area contributed by atoms with Gasteiger partial charge in [0.15, 0.2) is 0 Å². The molecule has 17 heavy (non-hydrogen) atoms. The number of benzene rings is 1. The lowest BCUT2D eigenvalue weighted by Crippen LogP contribution is -1.96. The number of aromatic nitrogens is 3. The van der Waals surface area contributed by atoms with Crippen molar-refractivity contribution < 1.29 is 4.74 Å². The van der Waals surface area contributed by atoms with Gasteiger partial charge in [0, 0.05) is 0 Å². The zero-order valence-corrected chi connectivity index (χ0v) is 9.77. The Morgan fingerprint density at radius 1 is 1.18 bits per heavy atom. The number of para-hydroxylation sites is 1. The highest BCUT2D eigenvalue weighted by molar-refractivity contribution is 6.31. The highest BCUT2D eigenvalue weighted by Crippen LogP contribution is 2.27. The van der Waals surface area contributed by atoms with Crippen LogP contribution in [0.1, 0.15) is 5.56 Å². The van der Waals surface area contributed by atoms with Crippen molar-refractivity contribution in [3.05, 3.63) is 40.3 Å². The minimum absolute atomic E-state index is 0.00867. The standard InChI is InChI=1S/C10H4Cl2N4O/c11-8-9(14-10(12)16-15-8)17-7-4-2-1-3-6(7)5-13/h1-4H. The van der Waals surface area contributed by atoms with Crippen molar-refractivity contribution in [1.29, 1.82) is 5.26 Å². The first-order valence-corrected chi connectivity index (χ1v) is 5.19. The number of nitriles is 1. The van der Waals surface area contributed by atoms with E-state index in [-0.39, 0.29) is 16.3 Å². The van der Waals surface area contributed by atoms with Crippen LogP contribution in [-0.2, 0) is 0 Å². The van der Waals surface area contributed by atoms with Crippen LogP contribution in [0.3, 0.4) is 0 Å². The molecular formula is C10H4Cl2N4O. The first kappa shape index (κ1) is 11.6. The summed E-state index contributed by atoms with van der Waals surface area (Å²) in [6.45, 7) is 0. The van der Waals surface area contributed by atoms with E-state index in [0.29, 0.717) is 11.3 Å². The SMILES string of the molecule is N#Cc1ccccc1Oc1nc(Cl)nnc1Cl. The zero-order chi connectivity index (χ0) is 12.3. The van der Waals surface area contributed by atoms with Crippen LogP contribution in [0.2, 0.25) is 10.4 Å². The van der Waals surface area contributed by atoms with Crippen LogP contribution in [0, 0.1) is 11.3 Å². The Hall–Kier alpha value is -1.90. The fourth-order valence-corrected chi connectivity index (χ4v) is 1.33. The summed E-state index contributed by atoms with van der Waals surface area (Å²) in [5.41, 5.74) is 0.360. The molecule has 1 heterocycles. The molecule has 0 fully saturated rings. The summed E-state index contributed by atoms with van der Waals surface area (Å²) in [6.07, 6.45) is 0. The summed E-state index contributed by atoms with van der Waals surface area (Å²) >= 11 is 11.3. The van der Waals surface area contributed by atoms with E-state index >= 15 is 0 Å². The molecule has 0 atom stereocenters. The Labute approximate surface area is 107 Å². The van der Waals surface area contributed by atoms with Gasteiger partial charge in [-0.05, 0) is 23.7 Å². The topological polar surface area (TPSA) is 71.7 Å². The maximum absolute atomic E-state index is 8.88. The van der Waals surface area contributed by atoms with Crippen molar-refractivity contribution in [1.82, 2.24) is 15.2 Å². The third kappa shape index (κ3) is 2.61. The fourth-order valence-electron chi connectivity index (χ4n) is 1.10. The molecule has 0 N–H and O–H groups in total. The first-order valence-electron chi connectivity index (χ1n) is 4.43. The van der Waals surface area contributed by atoms with Gasteiger partial charge in [-0.3, -0.25) is 0 Å². The lowest BCUT2D eigenvalue weighted by Gasteiger charge is -2.06. The molecule has 1 aromatic heterocycles. The molecule has 0 aliphatic heterocycles. The number of ether oxygens (including phenoxy) is 1. The van der Waals surface area contributed by atoms with Gasteiger partial charge in [-0.15, -0.1) is 10.2 Å². The molecule has 0 saturated carbocycles. The number of hydrogen-bond acceptors (Lipinski definition) is 5. The highest BCUT2D eigenvalue weighted by atomic mass is 35.5. The van der Waals surface area contributed by atoms with Gasteiger partial charge < -0.3 is 4.74 Å². The van der Waals surface area contributed by atoms with Gasteiger partial charge >= 0.3 is 0 Å². The fraction of sp³-hybridized carbons (Fsp3) is 0. The van der Waals surface area contributed by atoms with Gasteiger partial charge in [0.05, 0.1) is 5.56 Å². The lowest BCUT2D eigenvalue weighted by atomic mass is 10.2. The molecule has 0 radical (unpaired) electrons. The number of hydrogen-bond donors (Lipinski definition) is 0. The third-order valence-corrected chi connectivity index (χ3v) is 2.20. The van der Waals surface area contributed by atoms with E-state index < -0.39 is 0 Å². The van der Waals surface area contributed by atoms with Crippen LogP contribution in [0.15, 0.2) is 24.3 Å². The van der Waals surface area contributed by atoms with Crippen LogP contribution in [0.5, 0.6) is 11.6 Å². The normalized spacial score (nSPS) is 9.71. The molecule has 84 valence electrons. The van der Waals surface area contributed by atoms with Crippen LogP contribution in [0.4, 0.5) is 0 Å². The molecular weight excluding hydrogens is 263 g/mol. The average Bonchev–Trinajstić information content (AvgIpc) is 2.34. The van der Waals surface area contributed by atoms with Gasteiger partial charge in [-0.25, -0.2) is 0 Å². The van der Waals surface area contributed by atoms with E-state index in [2.05, 4.69) is 15.2 Å². The van der Waals surface area contributed by atoms with Gasteiger partial charge in [0.25, 0.3) is 5.88 Å². The van der Waals surface area contributed by atoms with E-state index in [0.717, 1.165) is 0 Å². The molecule has 1 aromatic carbocycles. The van der Waals surface area contributed by atoms with Gasteiger partial charge in [0.2, 0.25) is 10.4 Å². The van der Waals surface area contributed by atoms with Crippen molar-refractivity contribution >= 4 is 23.2 Å². The van der Waals surface area contributed by atoms with Crippen molar-refractivity contribution in [2.45, 2.75) is 0 Å². The van der Waals surface area contributed by atoms with Crippen LogP contribution in [0.25, 0.3) is 0 Å². The predicted octanol–water partition coefficient (Wildman–Crippen LogP) is 2.84. The molecule has 2 aromatic rings. The lowest BCUT2D eigenvalue weighted by molar-refractivity contribution is 0.456. The molecule has 0 spiro atoms. The third-order valence-electron chi connectivity index (χ3n) is 1.80. The minimum Gasteiger partial charge on any atom is -0.435 e. The molecule has 2 rings (SSSR count). The monoisotopic (exact) mass is 266 g/mol. The van der Waals surface area contributed by atoms with Gasteiger partial charge in [-0.2, -0.15) is 10.2 Å². The molecule has 0 amide bonds. The smallest absolute Gasteiger partial charge is 0.262 e. The maximum atomic E-state index is 8.88. The molecule has 0 aliphatic rings. The second-order valence-corrected chi connectivity index (χ2v) is 3.58. The van der Waals surface area contributed by atoms with Gasteiger partial charge in [-0.1, -0.05) is 23.7 Å². The van der Waals surface area contributed by atoms with Crippen molar-refractivity contribution in [3.63, 3.8) is 0 Å². The van der Waals surface area contributed by atoms with Crippen LogP contribution >= 0.6 is 23.2 Å². The Balaban J connectivity index is 2.38. The van der Waals surface area contributed by atoms with Crippen molar-refractivity contribution in [3.8, 4) is 17.7 Å². The molecule has 0 aliphatic carbocycles. The van der Waals surface area contributed by atoms with E-state index in [1.54, 1.807) is 24.3 Å². The van der Waals surface area contributed by atoms with E-state index in [9.17, 15) is 0 Å². The maximum Gasteiger partial charge on any atom is 0.262 e. The molecule has 7 heteroatoms. The van der Waals surface area contributed by atoms with Crippen LogP contribution in [-0.4, -0.2) is 15.2 Å². The summed E-state index contributed by atoms with van der Waals surface area (Å²) in [5, 5.41) is 15.8. The molecule has 0 unspecified atom stereocenters. The largest absolute Gasteiger partial charge is 0.435 e. The molecule has 0 bridgehead atoms. The summed E-state index contributed by atoms with van der Waals surface area (Å²) in [7, 11) is 0.